The minimum Gasteiger partial charge on any atom is -0.493 e. The monoisotopic (exact) mass is 469 g/mol. The van der Waals surface area contributed by atoms with E-state index in [9.17, 15) is 27.5 Å². The van der Waals surface area contributed by atoms with E-state index in [-0.39, 0.29) is 17.8 Å². The smallest absolute Gasteiger partial charge is 0.401 e. The van der Waals surface area contributed by atoms with E-state index >= 15 is 0 Å². The van der Waals surface area contributed by atoms with E-state index in [0.29, 0.717) is 23.5 Å². The van der Waals surface area contributed by atoms with Gasteiger partial charge in [-0.1, -0.05) is 17.3 Å². The number of anilines is 1. The van der Waals surface area contributed by atoms with Crippen LogP contribution in [-0.2, 0) is 21.4 Å². The van der Waals surface area contributed by atoms with Crippen molar-refractivity contribution in [1.29, 1.82) is 0 Å². The molecule has 3 rings (SSSR count). The minimum atomic E-state index is -4.57. The number of hydrogen-bond donors (Lipinski definition) is 3. The molecule has 7 nitrogen and oxygen atoms in total. The summed E-state index contributed by atoms with van der Waals surface area (Å²) in [5, 5.41) is 18.1. The number of hydrogen-bond acceptors (Lipinski definition) is 6. The third-order valence-electron chi connectivity index (χ3n) is 5.09. The highest BCUT2D eigenvalue weighted by atomic mass is 19.4. The van der Waals surface area contributed by atoms with E-state index in [4.69, 9.17) is 9.26 Å². The number of ether oxygens (including phenoxy) is 1. The molecule has 0 saturated heterocycles. The standard InChI is InChI=1S/C22H23F4N3O4/c1-4-32-16-9-19(30)27-11-14(16)12-5-6-13(15(23)7-12)8-20(31)28-18-10-17(33-29-18)21(2,3)22(24,25)26/h5-7,9-11,19,27,30H,4,8H2,1-3H3,(H,28,29,31). The van der Waals surface area contributed by atoms with E-state index in [2.05, 4.69) is 15.8 Å². The van der Waals surface area contributed by atoms with Gasteiger partial charge in [0.05, 0.1) is 13.0 Å². The summed E-state index contributed by atoms with van der Waals surface area (Å²) in [6.07, 6.45) is -2.92. The summed E-state index contributed by atoms with van der Waals surface area (Å²) in [5.74, 6) is -1.61. The highest BCUT2D eigenvalue weighted by Crippen LogP contribution is 2.41. The van der Waals surface area contributed by atoms with Gasteiger partial charge < -0.3 is 25.0 Å². The largest absolute Gasteiger partial charge is 0.493 e. The average Bonchev–Trinajstić information content (AvgIpc) is 3.18. The third-order valence-corrected chi connectivity index (χ3v) is 5.09. The number of allylic oxidation sites excluding steroid dienone is 1. The molecule has 3 N–H and O–H groups in total. The molecule has 1 atom stereocenters. The second-order valence-corrected chi connectivity index (χ2v) is 7.86. The summed E-state index contributed by atoms with van der Waals surface area (Å²) in [4.78, 5) is 12.3. The zero-order valence-corrected chi connectivity index (χ0v) is 18.1. The molecule has 1 unspecified atom stereocenters. The Morgan fingerprint density at radius 2 is 2.03 bits per heavy atom. The first kappa shape index (κ1) is 24.3. The third kappa shape index (κ3) is 5.36. The maximum absolute atomic E-state index is 14.7. The van der Waals surface area contributed by atoms with Crippen LogP contribution in [0.3, 0.4) is 0 Å². The van der Waals surface area contributed by atoms with E-state index in [0.717, 1.165) is 19.9 Å². The van der Waals surface area contributed by atoms with Crippen molar-refractivity contribution < 1.29 is 36.7 Å². The maximum Gasteiger partial charge on any atom is 0.401 e. The Morgan fingerprint density at radius 3 is 2.67 bits per heavy atom. The van der Waals surface area contributed by atoms with Gasteiger partial charge in [-0.15, -0.1) is 0 Å². The molecule has 1 aromatic heterocycles. The molecule has 33 heavy (non-hydrogen) atoms. The SMILES string of the molecule is CCOC1=CC(O)NC=C1c1ccc(CC(=O)Nc2cc(C(C)(C)C(F)(F)F)on2)c(F)c1. The van der Waals surface area contributed by atoms with Crippen LogP contribution in [0.25, 0.3) is 5.57 Å². The summed E-state index contributed by atoms with van der Waals surface area (Å²) in [6, 6.07) is 5.22. The number of rotatable bonds is 7. The fourth-order valence-corrected chi connectivity index (χ4v) is 3.01. The van der Waals surface area contributed by atoms with E-state index < -0.39 is 35.3 Å². The number of aliphatic hydroxyl groups excluding tert-OH is 1. The molecule has 0 aliphatic carbocycles. The van der Waals surface area contributed by atoms with Crippen LogP contribution in [0.2, 0.25) is 0 Å². The van der Waals surface area contributed by atoms with Crippen molar-refractivity contribution in [3.63, 3.8) is 0 Å². The minimum absolute atomic E-state index is 0.0712. The first-order valence-electron chi connectivity index (χ1n) is 10.0. The predicted molar refractivity (Wildman–Crippen MR) is 111 cm³/mol. The van der Waals surface area contributed by atoms with Gasteiger partial charge >= 0.3 is 6.18 Å². The van der Waals surface area contributed by atoms with Crippen LogP contribution in [0.1, 0.15) is 37.7 Å². The van der Waals surface area contributed by atoms with Gasteiger partial charge in [-0.25, -0.2) is 4.39 Å². The molecule has 2 heterocycles. The summed E-state index contributed by atoms with van der Waals surface area (Å²) in [6.45, 7) is 3.98. The highest BCUT2D eigenvalue weighted by Gasteiger charge is 2.51. The molecule has 1 aliphatic rings. The predicted octanol–water partition coefficient (Wildman–Crippen LogP) is 4.02. The fourth-order valence-electron chi connectivity index (χ4n) is 3.01. The Balaban J connectivity index is 1.70. The lowest BCUT2D eigenvalue weighted by Gasteiger charge is -2.24. The summed E-state index contributed by atoms with van der Waals surface area (Å²) >= 11 is 0. The van der Waals surface area contributed by atoms with Crippen LogP contribution in [0.4, 0.5) is 23.4 Å². The van der Waals surface area contributed by atoms with Crippen LogP contribution in [0.15, 0.2) is 46.8 Å². The average molecular weight is 469 g/mol. The van der Waals surface area contributed by atoms with Crippen molar-refractivity contribution >= 4 is 17.3 Å². The number of halogens is 4. The lowest BCUT2D eigenvalue weighted by atomic mass is 9.89. The number of carbonyl (C=O) groups excluding carboxylic acids is 1. The molecule has 0 spiro atoms. The van der Waals surface area contributed by atoms with Crippen molar-refractivity contribution in [3.05, 3.63) is 65.0 Å². The molecular weight excluding hydrogens is 446 g/mol. The molecule has 0 fully saturated rings. The van der Waals surface area contributed by atoms with E-state index in [1.807, 2.05) is 0 Å². The van der Waals surface area contributed by atoms with Crippen LogP contribution in [-0.4, -0.2) is 35.2 Å². The molecule has 1 aromatic carbocycles. The maximum atomic E-state index is 14.7. The van der Waals surface area contributed by atoms with Gasteiger partial charge in [-0.05, 0) is 38.0 Å². The Labute approximate surface area is 187 Å². The van der Waals surface area contributed by atoms with Crippen molar-refractivity contribution in [3.8, 4) is 0 Å². The first-order valence-corrected chi connectivity index (χ1v) is 10.0. The lowest BCUT2D eigenvalue weighted by Crippen LogP contribution is -2.35. The van der Waals surface area contributed by atoms with Gasteiger partial charge in [0.15, 0.2) is 11.6 Å². The molecule has 0 saturated carbocycles. The van der Waals surface area contributed by atoms with Crippen LogP contribution < -0.4 is 10.6 Å². The van der Waals surface area contributed by atoms with Crippen molar-refractivity contribution in [1.82, 2.24) is 10.5 Å². The van der Waals surface area contributed by atoms with Crippen LogP contribution >= 0.6 is 0 Å². The van der Waals surface area contributed by atoms with Gasteiger partial charge in [0, 0.05) is 23.9 Å². The molecule has 0 bridgehead atoms. The van der Waals surface area contributed by atoms with Gasteiger partial charge in [0.25, 0.3) is 0 Å². The van der Waals surface area contributed by atoms with E-state index in [1.54, 1.807) is 13.0 Å². The normalized spacial score (nSPS) is 16.5. The van der Waals surface area contributed by atoms with Gasteiger partial charge in [0.1, 0.15) is 23.2 Å². The van der Waals surface area contributed by atoms with Crippen LogP contribution in [0, 0.1) is 5.82 Å². The second-order valence-electron chi connectivity index (χ2n) is 7.86. The molecule has 2 aromatic rings. The Morgan fingerprint density at radius 1 is 1.30 bits per heavy atom. The van der Waals surface area contributed by atoms with Crippen molar-refractivity contribution in [2.75, 3.05) is 11.9 Å². The molecule has 1 aliphatic heterocycles. The number of aromatic nitrogens is 1. The zero-order valence-electron chi connectivity index (χ0n) is 18.1. The number of amides is 1. The number of nitrogens with zero attached hydrogens (tertiary/aromatic N) is 1. The molecule has 11 heteroatoms. The lowest BCUT2D eigenvalue weighted by molar-refractivity contribution is -0.185. The Hall–Kier alpha value is -3.34. The highest BCUT2D eigenvalue weighted by molar-refractivity contribution is 5.91. The molecular formula is C22H23F4N3O4. The topological polar surface area (TPSA) is 96.6 Å². The molecule has 1 amide bonds. The van der Waals surface area contributed by atoms with Crippen molar-refractivity contribution in [2.45, 2.75) is 45.0 Å². The second kappa shape index (κ2) is 9.26. The number of aliphatic hydroxyl groups is 1. The quantitative estimate of drug-likeness (QED) is 0.530. The number of nitrogens with one attached hydrogen (secondary N) is 2. The fraction of sp³-hybridized carbons (Fsp3) is 0.364. The Kier molecular flexibility index (Phi) is 6.82. The van der Waals surface area contributed by atoms with Crippen molar-refractivity contribution in [2.24, 2.45) is 0 Å². The van der Waals surface area contributed by atoms with Crippen LogP contribution in [0.5, 0.6) is 0 Å². The Bertz CT molecular complexity index is 1090. The zero-order chi connectivity index (χ0) is 24.4. The number of dihydropyridines is 1. The number of carbonyl (C=O) groups is 1. The molecule has 0 radical (unpaired) electrons. The first-order chi connectivity index (χ1) is 15.4. The number of benzene rings is 1. The molecule has 178 valence electrons. The summed E-state index contributed by atoms with van der Waals surface area (Å²) < 4.78 is 64.3. The van der Waals surface area contributed by atoms with E-state index in [1.165, 1.54) is 24.4 Å². The van der Waals surface area contributed by atoms with Gasteiger partial charge in [-0.2, -0.15) is 13.2 Å². The van der Waals surface area contributed by atoms with Gasteiger partial charge in [-0.3, -0.25) is 4.79 Å². The summed E-state index contributed by atoms with van der Waals surface area (Å²) in [5.41, 5.74) is -1.23. The van der Waals surface area contributed by atoms with Gasteiger partial charge in [0.2, 0.25) is 5.91 Å². The number of alkyl halides is 3. The summed E-state index contributed by atoms with van der Waals surface area (Å²) in [7, 11) is 0.